The zero-order valence-electron chi connectivity index (χ0n) is 11.0. The minimum Gasteiger partial charge on any atom is -0.362 e. The molecule has 0 amide bonds. The van der Waals surface area contributed by atoms with Crippen LogP contribution >= 0.6 is 12.2 Å². The van der Waals surface area contributed by atoms with Gasteiger partial charge in [0, 0.05) is 25.7 Å². The van der Waals surface area contributed by atoms with Gasteiger partial charge >= 0.3 is 0 Å². The van der Waals surface area contributed by atoms with Crippen LogP contribution in [0.3, 0.4) is 0 Å². The molecule has 0 aromatic rings. The quantitative estimate of drug-likeness (QED) is 0.741. The van der Waals surface area contributed by atoms with Crippen LogP contribution in [-0.4, -0.2) is 54.2 Å². The third kappa shape index (κ3) is 4.26. The van der Waals surface area contributed by atoms with Gasteiger partial charge in [0.25, 0.3) is 0 Å². The molecule has 0 spiro atoms. The molecule has 0 radical (unpaired) electrons. The Kier molecular flexibility index (Phi) is 5.49. The number of rotatable bonds is 2. The fourth-order valence-electron chi connectivity index (χ4n) is 2.07. The van der Waals surface area contributed by atoms with E-state index in [1.165, 1.54) is 13.0 Å². The van der Waals surface area contributed by atoms with E-state index in [9.17, 15) is 0 Å². The summed E-state index contributed by atoms with van der Waals surface area (Å²) < 4.78 is 0. The smallest absolute Gasteiger partial charge is 0.169 e. The molecule has 1 aliphatic rings. The summed E-state index contributed by atoms with van der Waals surface area (Å²) in [6, 6.07) is 0.514. The second-order valence-electron chi connectivity index (χ2n) is 5.24. The molecular formula is C12H25N3S. The summed E-state index contributed by atoms with van der Waals surface area (Å²) in [5, 5.41) is 4.29. The van der Waals surface area contributed by atoms with E-state index in [-0.39, 0.29) is 0 Å². The normalized spacial score (nSPS) is 23.3. The van der Waals surface area contributed by atoms with Gasteiger partial charge in [0.2, 0.25) is 0 Å². The van der Waals surface area contributed by atoms with Gasteiger partial charge in [-0.2, -0.15) is 0 Å². The minimum absolute atomic E-state index is 0.514. The highest BCUT2D eigenvalue weighted by atomic mass is 32.1. The Balaban J connectivity index is 2.47. The standard InChI is InChI=1S/C12H25N3S/c1-10(2)8-13-12(16)15-7-5-6-14(4)9-11(15)3/h10-11H,5-9H2,1-4H3,(H,13,16). The van der Waals surface area contributed by atoms with Crippen LogP contribution in [0.2, 0.25) is 0 Å². The lowest BCUT2D eigenvalue weighted by Gasteiger charge is -2.31. The van der Waals surface area contributed by atoms with E-state index in [2.05, 4.69) is 42.9 Å². The molecule has 0 aromatic carbocycles. The largest absolute Gasteiger partial charge is 0.362 e. The molecule has 1 unspecified atom stereocenters. The van der Waals surface area contributed by atoms with Crippen LogP contribution in [-0.2, 0) is 0 Å². The van der Waals surface area contributed by atoms with Gasteiger partial charge in [0.1, 0.15) is 0 Å². The number of likely N-dealkylation sites (N-methyl/N-ethyl adjacent to an activating group) is 1. The number of hydrogen-bond acceptors (Lipinski definition) is 2. The molecule has 1 atom stereocenters. The topological polar surface area (TPSA) is 18.5 Å². The van der Waals surface area contributed by atoms with Gasteiger partial charge in [0.05, 0.1) is 0 Å². The van der Waals surface area contributed by atoms with Crippen molar-refractivity contribution in [3.05, 3.63) is 0 Å². The number of nitrogens with one attached hydrogen (secondary N) is 1. The molecule has 0 aromatic heterocycles. The van der Waals surface area contributed by atoms with Crippen LogP contribution in [0.1, 0.15) is 27.2 Å². The van der Waals surface area contributed by atoms with Crippen LogP contribution in [0.5, 0.6) is 0 Å². The van der Waals surface area contributed by atoms with E-state index in [0.29, 0.717) is 12.0 Å². The summed E-state index contributed by atoms with van der Waals surface area (Å²) in [4.78, 5) is 4.72. The van der Waals surface area contributed by atoms with E-state index < -0.39 is 0 Å². The molecule has 16 heavy (non-hydrogen) atoms. The fraction of sp³-hybridized carbons (Fsp3) is 0.917. The van der Waals surface area contributed by atoms with Crippen molar-refractivity contribution in [3.8, 4) is 0 Å². The molecule has 1 fully saturated rings. The lowest BCUT2D eigenvalue weighted by atomic mass is 10.2. The molecule has 94 valence electrons. The summed E-state index contributed by atoms with van der Waals surface area (Å²) in [5.74, 6) is 0.642. The van der Waals surface area contributed by atoms with Gasteiger partial charge in [0.15, 0.2) is 5.11 Å². The highest BCUT2D eigenvalue weighted by molar-refractivity contribution is 7.80. The first-order chi connectivity index (χ1) is 7.50. The Morgan fingerprint density at radius 3 is 2.75 bits per heavy atom. The predicted molar refractivity (Wildman–Crippen MR) is 73.7 cm³/mol. The lowest BCUT2D eigenvalue weighted by Crippen LogP contribution is -2.47. The number of nitrogens with zero attached hydrogens (tertiary/aromatic N) is 2. The summed E-state index contributed by atoms with van der Waals surface area (Å²) >= 11 is 5.46. The van der Waals surface area contributed by atoms with Gasteiger partial charge in [-0.25, -0.2) is 0 Å². The van der Waals surface area contributed by atoms with Crippen LogP contribution < -0.4 is 5.32 Å². The third-order valence-electron chi connectivity index (χ3n) is 2.97. The Labute approximate surface area is 105 Å². The van der Waals surface area contributed by atoms with Crippen LogP contribution in [0.25, 0.3) is 0 Å². The second kappa shape index (κ2) is 6.40. The average Bonchev–Trinajstić information content (AvgIpc) is 2.35. The first kappa shape index (κ1) is 13.7. The van der Waals surface area contributed by atoms with Gasteiger partial charge in [-0.1, -0.05) is 13.8 Å². The van der Waals surface area contributed by atoms with Crippen molar-refractivity contribution in [2.24, 2.45) is 5.92 Å². The number of hydrogen-bond donors (Lipinski definition) is 1. The maximum absolute atomic E-state index is 5.46. The minimum atomic E-state index is 0.514. The molecule has 0 saturated carbocycles. The van der Waals surface area contributed by atoms with Crippen LogP contribution in [0.4, 0.5) is 0 Å². The van der Waals surface area contributed by atoms with E-state index >= 15 is 0 Å². The molecule has 0 aliphatic carbocycles. The Morgan fingerprint density at radius 2 is 2.12 bits per heavy atom. The third-order valence-corrected chi connectivity index (χ3v) is 3.35. The summed E-state index contributed by atoms with van der Waals surface area (Å²) in [6.45, 7) is 11.0. The Hall–Kier alpha value is -0.350. The molecule has 1 saturated heterocycles. The van der Waals surface area contributed by atoms with Crippen molar-refractivity contribution < 1.29 is 0 Å². The van der Waals surface area contributed by atoms with Gasteiger partial charge in [-0.05, 0) is 45.1 Å². The molecular weight excluding hydrogens is 218 g/mol. The average molecular weight is 243 g/mol. The molecule has 1 rings (SSSR count). The van der Waals surface area contributed by atoms with Crippen LogP contribution in [0.15, 0.2) is 0 Å². The van der Waals surface area contributed by atoms with Crippen molar-refractivity contribution in [2.75, 3.05) is 33.2 Å². The molecule has 1 aliphatic heterocycles. The van der Waals surface area contributed by atoms with E-state index in [4.69, 9.17) is 12.2 Å². The van der Waals surface area contributed by atoms with Crippen molar-refractivity contribution in [1.29, 1.82) is 0 Å². The molecule has 1 heterocycles. The highest BCUT2D eigenvalue weighted by Gasteiger charge is 2.21. The van der Waals surface area contributed by atoms with Crippen molar-refractivity contribution in [1.82, 2.24) is 15.1 Å². The second-order valence-corrected chi connectivity index (χ2v) is 5.62. The summed E-state index contributed by atoms with van der Waals surface area (Å²) in [5.41, 5.74) is 0. The van der Waals surface area contributed by atoms with E-state index in [1.807, 2.05) is 0 Å². The Morgan fingerprint density at radius 1 is 1.44 bits per heavy atom. The maximum Gasteiger partial charge on any atom is 0.169 e. The predicted octanol–water partition coefficient (Wildman–Crippen LogP) is 1.54. The van der Waals surface area contributed by atoms with E-state index in [1.54, 1.807) is 0 Å². The molecule has 3 nitrogen and oxygen atoms in total. The first-order valence-corrected chi connectivity index (χ1v) is 6.64. The summed E-state index contributed by atoms with van der Waals surface area (Å²) in [7, 11) is 2.19. The summed E-state index contributed by atoms with van der Waals surface area (Å²) in [6.07, 6.45) is 1.20. The number of thiocarbonyl (C=S) groups is 1. The van der Waals surface area contributed by atoms with Crippen molar-refractivity contribution in [3.63, 3.8) is 0 Å². The van der Waals surface area contributed by atoms with E-state index in [0.717, 1.165) is 24.7 Å². The highest BCUT2D eigenvalue weighted by Crippen LogP contribution is 2.08. The van der Waals surface area contributed by atoms with Crippen molar-refractivity contribution >= 4 is 17.3 Å². The first-order valence-electron chi connectivity index (χ1n) is 6.23. The molecule has 0 bridgehead atoms. The molecule has 4 heteroatoms. The van der Waals surface area contributed by atoms with Crippen molar-refractivity contribution in [2.45, 2.75) is 33.2 Å². The van der Waals surface area contributed by atoms with Gasteiger partial charge < -0.3 is 15.1 Å². The SMILES string of the molecule is CC(C)CNC(=S)N1CCCN(C)CC1C. The Bertz CT molecular complexity index is 230. The maximum atomic E-state index is 5.46. The van der Waals surface area contributed by atoms with Gasteiger partial charge in [-0.3, -0.25) is 0 Å². The zero-order chi connectivity index (χ0) is 12.1. The zero-order valence-corrected chi connectivity index (χ0v) is 11.8. The molecule has 1 N–H and O–H groups in total. The lowest BCUT2D eigenvalue weighted by molar-refractivity contribution is 0.283. The van der Waals surface area contributed by atoms with Gasteiger partial charge in [-0.15, -0.1) is 0 Å². The fourth-order valence-corrected chi connectivity index (χ4v) is 2.42. The monoisotopic (exact) mass is 243 g/mol. The van der Waals surface area contributed by atoms with Crippen LogP contribution in [0, 0.1) is 5.92 Å².